The monoisotopic (exact) mass is 382 g/mol. The molecule has 0 heterocycles. The fourth-order valence-corrected chi connectivity index (χ4v) is 1.25. The fourth-order valence-electron chi connectivity index (χ4n) is 1.25. The lowest BCUT2D eigenvalue weighted by Crippen LogP contribution is -2.49. The Morgan fingerprint density at radius 2 is 0.609 bits per heavy atom. The summed E-state index contributed by atoms with van der Waals surface area (Å²) in [5, 5.41) is 0. The summed E-state index contributed by atoms with van der Waals surface area (Å²) in [6, 6.07) is 0. The molecule has 0 amide bonds. The molecule has 0 aliphatic rings. The van der Waals surface area contributed by atoms with E-state index in [0.29, 0.717) is 0 Å². The first kappa shape index (κ1) is 22.0. The second kappa shape index (κ2) is 6.47. The van der Waals surface area contributed by atoms with Crippen molar-refractivity contribution in [2.75, 3.05) is 0 Å². The van der Waals surface area contributed by atoms with Crippen LogP contribution in [-0.4, -0.2) is 37.4 Å². The van der Waals surface area contributed by atoms with Crippen LogP contribution in [0.2, 0.25) is 0 Å². The molecule has 23 heavy (non-hydrogen) atoms. The molecule has 0 bridgehead atoms. The maximum absolute atomic E-state index is 12.8. The van der Waals surface area contributed by atoms with Crippen molar-refractivity contribution in [3.63, 3.8) is 0 Å². The number of rotatable bonds is 4. The van der Waals surface area contributed by atoms with Crippen LogP contribution in [0.15, 0.2) is 0 Å². The highest BCUT2D eigenvalue weighted by molar-refractivity contribution is 4.82. The molecule has 140 valence electrons. The molecule has 0 rings (SSSR count). The highest BCUT2D eigenvalue weighted by Crippen LogP contribution is 2.46. The van der Waals surface area contributed by atoms with Crippen molar-refractivity contribution in [1.82, 2.24) is 0 Å². The zero-order valence-corrected chi connectivity index (χ0v) is 10.0. The lowest BCUT2D eigenvalue weighted by atomic mass is 10.1. The molecule has 0 radical (unpaired) electrons. The highest BCUT2D eigenvalue weighted by Gasteiger charge is 2.65. The molecule has 0 N–H and O–H groups in total. The van der Waals surface area contributed by atoms with E-state index in [0.717, 1.165) is 0 Å². The molecule has 0 fully saturated rings. The van der Waals surface area contributed by atoms with Crippen LogP contribution < -0.4 is 0 Å². The summed E-state index contributed by atoms with van der Waals surface area (Å²) >= 11 is 0. The standard InChI is InChI=1S/C8H4F14O/c9-3(1(5(11,12)13)6(14,15)16)23-4(10)2(7(17,18)19)8(20,21)22/h1-4H. The van der Waals surface area contributed by atoms with Gasteiger partial charge < -0.3 is 4.74 Å². The largest absolute Gasteiger partial charge is 0.405 e. The Morgan fingerprint density at radius 1 is 0.435 bits per heavy atom. The molecule has 0 saturated carbocycles. The molecule has 0 aliphatic heterocycles. The van der Waals surface area contributed by atoms with Gasteiger partial charge in [0.05, 0.1) is 0 Å². The van der Waals surface area contributed by atoms with Crippen molar-refractivity contribution < 1.29 is 66.2 Å². The normalized spacial score (nSPS) is 17.7. The van der Waals surface area contributed by atoms with Crippen molar-refractivity contribution in [1.29, 1.82) is 0 Å². The van der Waals surface area contributed by atoms with E-state index in [-0.39, 0.29) is 0 Å². The van der Waals surface area contributed by atoms with Crippen molar-refractivity contribution in [2.45, 2.75) is 37.4 Å². The van der Waals surface area contributed by atoms with E-state index in [9.17, 15) is 61.5 Å². The first-order valence-electron chi connectivity index (χ1n) is 5.00. The minimum absolute atomic E-state index is 2.47. The molecule has 0 aromatic rings. The highest BCUT2D eigenvalue weighted by atomic mass is 19.4. The average Bonchev–Trinajstić information content (AvgIpc) is 2.04. The predicted molar refractivity (Wildman–Crippen MR) is 42.1 cm³/mol. The first-order chi connectivity index (χ1) is 9.79. The number of hydrogen-bond donors (Lipinski definition) is 0. The van der Waals surface area contributed by atoms with Gasteiger partial charge in [-0.05, 0) is 0 Å². The van der Waals surface area contributed by atoms with Gasteiger partial charge in [0.2, 0.25) is 24.6 Å². The van der Waals surface area contributed by atoms with E-state index >= 15 is 0 Å². The third kappa shape index (κ3) is 6.18. The predicted octanol–water partition coefficient (Wildman–Crippen LogP) is 5.08. The minimum atomic E-state index is -6.50. The number of hydrogen-bond acceptors (Lipinski definition) is 1. The van der Waals surface area contributed by atoms with Gasteiger partial charge in [-0.3, -0.25) is 0 Å². The van der Waals surface area contributed by atoms with Crippen LogP contribution in [0.4, 0.5) is 61.5 Å². The summed E-state index contributed by atoms with van der Waals surface area (Å²) < 4.78 is 172. The Hall–Kier alpha value is -1.02. The van der Waals surface area contributed by atoms with Crippen molar-refractivity contribution in [3.05, 3.63) is 0 Å². The van der Waals surface area contributed by atoms with Gasteiger partial charge in [-0.25, -0.2) is 8.78 Å². The van der Waals surface area contributed by atoms with E-state index in [2.05, 4.69) is 4.74 Å². The van der Waals surface area contributed by atoms with Crippen LogP contribution in [0, 0.1) is 11.8 Å². The molecule has 2 atom stereocenters. The average molecular weight is 382 g/mol. The van der Waals surface area contributed by atoms with Crippen molar-refractivity contribution in [2.24, 2.45) is 11.8 Å². The number of ether oxygens (including phenoxy) is 1. The van der Waals surface area contributed by atoms with Crippen molar-refractivity contribution >= 4 is 0 Å². The van der Waals surface area contributed by atoms with Gasteiger partial charge in [0, 0.05) is 0 Å². The van der Waals surface area contributed by atoms with Crippen LogP contribution in [0.3, 0.4) is 0 Å². The van der Waals surface area contributed by atoms with Crippen LogP contribution in [-0.2, 0) is 4.74 Å². The molecule has 0 aromatic carbocycles. The Labute approximate surface area is 117 Å². The summed E-state index contributed by atoms with van der Waals surface area (Å²) in [6.07, 6.45) is -35.7. The fraction of sp³-hybridized carbons (Fsp3) is 1.00. The SMILES string of the molecule is FC(OC(F)C(C(F)(F)F)C(F)(F)F)C(C(F)(F)F)C(F)(F)F. The van der Waals surface area contributed by atoms with Gasteiger partial charge in [-0.1, -0.05) is 0 Å². The smallest absolute Gasteiger partial charge is 0.312 e. The molecular weight excluding hydrogens is 378 g/mol. The quantitative estimate of drug-likeness (QED) is 0.617. The van der Waals surface area contributed by atoms with Crippen LogP contribution in [0.1, 0.15) is 0 Å². The van der Waals surface area contributed by atoms with Gasteiger partial charge in [-0.2, -0.15) is 52.7 Å². The van der Waals surface area contributed by atoms with Crippen LogP contribution >= 0.6 is 0 Å². The molecule has 0 aliphatic carbocycles. The topological polar surface area (TPSA) is 9.23 Å². The first-order valence-corrected chi connectivity index (χ1v) is 5.00. The zero-order valence-electron chi connectivity index (χ0n) is 10.0. The summed E-state index contributed by atoms with van der Waals surface area (Å²) in [5.74, 6) is -10.3. The van der Waals surface area contributed by atoms with Gasteiger partial charge in [0.15, 0.2) is 0 Å². The van der Waals surface area contributed by atoms with E-state index in [1.165, 1.54) is 0 Å². The zero-order chi connectivity index (χ0) is 19.0. The van der Waals surface area contributed by atoms with E-state index in [1.54, 1.807) is 0 Å². The Balaban J connectivity index is 5.44. The van der Waals surface area contributed by atoms with Gasteiger partial charge in [-0.15, -0.1) is 0 Å². The third-order valence-corrected chi connectivity index (χ3v) is 2.19. The van der Waals surface area contributed by atoms with E-state index in [4.69, 9.17) is 0 Å². The molecule has 2 unspecified atom stereocenters. The molecule has 0 spiro atoms. The molecular formula is C8H4F14O. The van der Waals surface area contributed by atoms with Crippen LogP contribution in [0.5, 0.6) is 0 Å². The molecule has 0 saturated heterocycles. The van der Waals surface area contributed by atoms with Gasteiger partial charge in [0.25, 0.3) is 0 Å². The lowest BCUT2D eigenvalue weighted by Gasteiger charge is -2.30. The summed E-state index contributed by atoms with van der Waals surface area (Å²) in [7, 11) is 0. The minimum Gasteiger partial charge on any atom is -0.312 e. The van der Waals surface area contributed by atoms with E-state index < -0.39 is 49.3 Å². The molecule has 0 aromatic heterocycles. The van der Waals surface area contributed by atoms with Gasteiger partial charge >= 0.3 is 24.7 Å². The third-order valence-electron chi connectivity index (χ3n) is 2.19. The summed E-state index contributed by atoms with van der Waals surface area (Å²) in [6.45, 7) is 0. The maximum Gasteiger partial charge on any atom is 0.405 e. The van der Waals surface area contributed by atoms with Crippen LogP contribution in [0.25, 0.3) is 0 Å². The number of halogens is 14. The summed E-state index contributed by atoms with van der Waals surface area (Å²) in [4.78, 5) is 0. The lowest BCUT2D eigenvalue weighted by molar-refractivity contribution is -0.368. The Bertz CT molecular complexity index is 310. The van der Waals surface area contributed by atoms with Gasteiger partial charge in [0.1, 0.15) is 0 Å². The summed E-state index contributed by atoms with van der Waals surface area (Å²) in [5.41, 5.74) is 0. The molecule has 15 heteroatoms. The Kier molecular flexibility index (Phi) is 6.18. The number of alkyl halides is 14. The van der Waals surface area contributed by atoms with Crippen molar-refractivity contribution in [3.8, 4) is 0 Å². The van der Waals surface area contributed by atoms with E-state index in [1.807, 2.05) is 0 Å². The second-order valence-corrected chi connectivity index (χ2v) is 3.96. The second-order valence-electron chi connectivity index (χ2n) is 3.96. The Morgan fingerprint density at radius 3 is 0.739 bits per heavy atom. The molecule has 1 nitrogen and oxygen atoms in total. The maximum atomic E-state index is 12.8.